The molecule has 8 heteroatoms. The van der Waals surface area contributed by atoms with Gasteiger partial charge in [-0.2, -0.15) is 0 Å². The molecule has 0 radical (unpaired) electrons. The quantitative estimate of drug-likeness (QED) is 0.731. The van der Waals surface area contributed by atoms with Gasteiger partial charge in [0.05, 0.1) is 0 Å². The minimum atomic E-state index is -0.660. The number of hydrogen-bond acceptors (Lipinski definition) is 5. The van der Waals surface area contributed by atoms with Crippen LogP contribution in [0.15, 0.2) is 6.07 Å². The number of anilines is 1. The summed E-state index contributed by atoms with van der Waals surface area (Å²) in [6.07, 6.45) is 1.64. The van der Waals surface area contributed by atoms with E-state index in [1.54, 1.807) is 0 Å². The number of piperidine rings is 1. The van der Waals surface area contributed by atoms with Crippen LogP contribution in [-0.4, -0.2) is 47.1 Å². The van der Waals surface area contributed by atoms with Crippen LogP contribution in [0.4, 0.5) is 10.6 Å². The summed E-state index contributed by atoms with van der Waals surface area (Å²) < 4.78 is 0. The second-order valence-corrected chi connectivity index (χ2v) is 6.92. The number of rotatable bonds is 5. The van der Waals surface area contributed by atoms with Crippen LogP contribution in [0.25, 0.3) is 0 Å². The predicted octanol–water partition coefficient (Wildman–Crippen LogP) is 0.871. The van der Waals surface area contributed by atoms with Gasteiger partial charge >= 0.3 is 6.03 Å². The van der Waals surface area contributed by atoms with Gasteiger partial charge in [-0.05, 0) is 32.6 Å². The van der Waals surface area contributed by atoms with E-state index in [-0.39, 0.29) is 18.0 Å². The summed E-state index contributed by atoms with van der Waals surface area (Å²) in [4.78, 5) is 34.5. The molecule has 2 heterocycles. The average molecular weight is 348 g/mol. The topological polar surface area (TPSA) is 113 Å². The summed E-state index contributed by atoms with van der Waals surface area (Å²) in [7, 11) is 0. The molecule has 1 unspecified atom stereocenters. The van der Waals surface area contributed by atoms with Crippen molar-refractivity contribution >= 4 is 17.8 Å². The molecule has 1 aromatic rings. The Balaban J connectivity index is 1.85. The molecule has 1 atom stereocenters. The fourth-order valence-corrected chi connectivity index (χ4v) is 3.05. The number of aromatic nitrogens is 2. The van der Waals surface area contributed by atoms with E-state index in [9.17, 15) is 9.59 Å². The SMILES string of the molecule is Cc1cc(N2CCC(NC(=O)NC(C(N)=O)C(C)C)CC2)nc(C)n1. The molecule has 2 rings (SSSR count). The highest BCUT2D eigenvalue weighted by molar-refractivity contribution is 5.86. The van der Waals surface area contributed by atoms with Crippen LogP contribution in [-0.2, 0) is 4.79 Å². The molecule has 1 fully saturated rings. The summed E-state index contributed by atoms with van der Waals surface area (Å²) in [5, 5.41) is 5.60. The zero-order chi connectivity index (χ0) is 18.6. The van der Waals surface area contributed by atoms with Crippen LogP contribution in [0, 0.1) is 19.8 Å². The highest BCUT2D eigenvalue weighted by Crippen LogP contribution is 2.18. The van der Waals surface area contributed by atoms with Crippen molar-refractivity contribution in [3.8, 4) is 0 Å². The monoisotopic (exact) mass is 348 g/mol. The van der Waals surface area contributed by atoms with Gasteiger partial charge in [0.25, 0.3) is 0 Å². The van der Waals surface area contributed by atoms with Crippen LogP contribution >= 0.6 is 0 Å². The fraction of sp³-hybridized carbons (Fsp3) is 0.647. The number of carbonyl (C=O) groups excluding carboxylic acids is 2. The maximum Gasteiger partial charge on any atom is 0.315 e. The van der Waals surface area contributed by atoms with Crippen molar-refractivity contribution in [2.75, 3.05) is 18.0 Å². The zero-order valence-electron chi connectivity index (χ0n) is 15.4. The molecule has 8 nitrogen and oxygen atoms in total. The van der Waals surface area contributed by atoms with Crippen molar-refractivity contribution in [3.05, 3.63) is 17.6 Å². The summed E-state index contributed by atoms with van der Waals surface area (Å²) in [5.41, 5.74) is 6.28. The van der Waals surface area contributed by atoms with Gasteiger partial charge < -0.3 is 21.3 Å². The van der Waals surface area contributed by atoms with Crippen molar-refractivity contribution in [2.24, 2.45) is 11.7 Å². The molecule has 0 saturated carbocycles. The Hall–Kier alpha value is -2.38. The van der Waals surface area contributed by atoms with Gasteiger partial charge in [-0.3, -0.25) is 4.79 Å². The fourth-order valence-electron chi connectivity index (χ4n) is 3.05. The lowest BCUT2D eigenvalue weighted by Crippen LogP contribution is -2.54. The molecule has 0 bridgehead atoms. The second kappa shape index (κ2) is 8.13. The Labute approximate surface area is 148 Å². The molecule has 0 aliphatic carbocycles. The molecule has 25 heavy (non-hydrogen) atoms. The lowest BCUT2D eigenvalue weighted by Gasteiger charge is -2.33. The first kappa shape index (κ1) is 19.0. The molecule has 1 saturated heterocycles. The first-order valence-corrected chi connectivity index (χ1v) is 8.70. The largest absolute Gasteiger partial charge is 0.368 e. The summed E-state index contributed by atoms with van der Waals surface area (Å²) in [6.45, 7) is 9.16. The minimum absolute atomic E-state index is 0.0469. The van der Waals surface area contributed by atoms with Gasteiger partial charge in [-0.15, -0.1) is 0 Å². The lowest BCUT2D eigenvalue weighted by molar-refractivity contribution is -0.120. The van der Waals surface area contributed by atoms with Crippen molar-refractivity contribution < 1.29 is 9.59 Å². The Bertz CT molecular complexity index is 605. The highest BCUT2D eigenvalue weighted by atomic mass is 16.2. The number of primary amides is 1. The van der Waals surface area contributed by atoms with Crippen molar-refractivity contribution in [2.45, 2.75) is 52.6 Å². The van der Waals surface area contributed by atoms with E-state index in [1.807, 2.05) is 33.8 Å². The molecular formula is C17H28N6O2. The zero-order valence-corrected chi connectivity index (χ0v) is 15.4. The Morgan fingerprint density at radius 1 is 1.24 bits per heavy atom. The van der Waals surface area contributed by atoms with E-state index >= 15 is 0 Å². The number of carbonyl (C=O) groups is 2. The Kier molecular flexibility index (Phi) is 6.17. The lowest BCUT2D eigenvalue weighted by atomic mass is 10.0. The Morgan fingerprint density at radius 2 is 1.88 bits per heavy atom. The number of amides is 3. The second-order valence-electron chi connectivity index (χ2n) is 6.92. The Morgan fingerprint density at radius 3 is 2.40 bits per heavy atom. The number of urea groups is 1. The maximum atomic E-state index is 12.1. The summed E-state index contributed by atoms with van der Waals surface area (Å²) in [6, 6.07) is 1.05. The first-order chi connectivity index (χ1) is 11.8. The van der Waals surface area contributed by atoms with E-state index in [4.69, 9.17) is 5.73 Å². The number of aryl methyl sites for hydroxylation is 2. The van der Waals surface area contributed by atoms with E-state index in [0.717, 1.165) is 43.3 Å². The van der Waals surface area contributed by atoms with E-state index in [1.165, 1.54) is 0 Å². The summed E-state index contributed by atoms with van der Waals surface area (Å²) in [5.74, 6) is 1.13. The number of nitrogens with zero attached hydrogens (tertiary/aromatic N) is 3. The number of nitrogens with one attached hydrogen (secondary N) is 2. The van der Waals surface area contributed by atoms with Crippen molar-refractivity contribution in [3.63, 3.8) is 0 Å². The van der Waals surface area contributed by atoms with Gasteiger partial charge in [-0.1, -0.05) is 13.8 Å². The summed E-state index contributed by atoms with van der Waals surface area (Å²) >= 11 is 0. The molecule has 4 N–H and O–H groups in total. The molecular weight excluding hydrogens is 320 g/mol. The predicted molar refractivity (Wildman–Crippen MR) is 96.2 cm³/mol. The van der Waals surface area contributed by atoms with Crippen LogP contribution in [0.5, 0.6) is 0 Å². The van der Waals surface area contributed by atoms with Gasteiger partial charge in [-0.25, -0.2) is 14.8 Å². The molecule has 3 amide bonds. The average Bonchev–Trinajstić information content (AvgIpc) is 2.51. The normalized spacial score (nSPS) is 16.6. The number of hydrogen-bond donors (Lipinski definition) is 3. The molecule has 0 spiro atoms. The smallest absolute Gasteiger partial charge is 0.315 e. The van der Waals surface area contributed by atoms with Gasteiger partial charge in [0.15, 0.2) is 0 Å². The highest BCUT2D eigenvalue weighted by Gasteiger charge is 2.25. The minimum Gasteiger partial charge on any atom is -0.368 e. The molecule has 1 aromatic heterocycles. The number of nitrogens with two attached hydrogens (primary N) is 1. The standard InChI is InChI=1S/C17H28N6O2/c1-10(2)15(16(18)24)22-17(25)21-13-5-7-23(8-6-13)14-9-11(3)19-12(4)20-14/h9-10,13,15H,5-8H2,1-4H3,(H2,18,24)(H2,21,22,25). The third-order valence-corrected chi connectivity index (χ3v) is 4.37. The molecule has 1 aliphatic rings. The maximum absolute atomic E-state index is 12.1. The van der Waals surface area contributed by atoms with Gasteiger partial charge in [0.1, 0.15) is 17.7 Å². The van der Waals surface area contributed by atoms with Gasteiger partial charge in [0.2, 0.25) is 5.91 Å². The van der Waals surface area contributed by atoms with E-state index in [2.05, 4.69) is 25.5 Å². The molecule has 0 aromatic carbocycles. The first-order valence-electron chi connectivity index (χ1n) is 8.70. The van der Waals surface area contributed by atoms with Gasteiger partial charge in [0, 0.05) is 30.9 Å². The van der Waals surface area contributed by atoms with E-state index in [0.29, 0.717) is 0 Å². The molecule has 138 valence electrons. The van der Waals surface area contributed by atoms with Crippen LogP contribution in [0.1, 0.15) is 38.2 Å². The third-order valence-electron chi connectivity index (χ3n) is 4.37. The van der Waals surface area contributed by atoms with Crippen LogP contribution < -0.4 is 21.3 Å². The van der Waals surface area contributed by atoms with E-state index < -0.39 is 11.9 Å². The van der Waals surface area contributed by atoms with Crippen molar-refractivity contribution in [1.82, 2.24) is 20.6 Å². The van der Waals surface area contributed by atoms with Crippen LogP contribution in [0.3, 0.4) is 0 Å². The van der Waals surface area contributed by atoms with Crippen LogP contribution in [0.2, 0.25) is 0 Å². The van der Waals surface area contributed by atoms with Crippen molar-refractivity contribution in [1.29, 1.82) is 0 Å². The third kappa shape index (κ3) is 5.30. The molecule has 1 aliphatic heterocycles.